The second-order valence-electron chi connectivity index (χ2n) is 8.65. The van der Waals surface area contributed by atoms with E-state index in [2.05, 4.69) is 29.2 Å². The van der Waals surface area contributed by atoms with Gasteiger partial charge in [-0.05, 0) is 50.3 Å². The molecule has 1 aliphatic carbocycles. The van der Waals surface area contributed by atoms with E-state index in [0.29, 0.717) is 30.6 Å². The molecule has 1 aliphatic heterocycles. The second-order valence-corrected chi connectivity index (χ2v) is 8.65. The molecule has 3 rings (SSSR count). The van der Waals surface area contributed by atoms with Crippen LogP contribution in [-0.2, 0) is 4.79 Å². The number of fused-ring (bicyclic) bond motifs is 1. The molecule has 1 aromatic rings. The summed E-state index contributed by atoms with van der Waals surface area (Å²) < 4.78 is 55.1. The number of carbonyl (C=O) groups is 1. The predicted molar refractivity (Wildman–Crippen MR) is 106 cm³/mol. The monoisotopic (exact) mass is 431 g/mol. The number of benzene rings is 1. The smallest absolute Gasteiger partial charge is 0.403 e. The summed E-state index contributed by atoms with van der Waals surface area (Å²) in [6, 6.07) is 3.33. The van der Waals surface area contributed by atoms with Crippen molar-refractivity contribution in [1.82, 2.24) is 10.6 Å². The molecule has 0 spiro atoms. The molecule has 168 valence electrons. The third-order valence-corrected chi connectivity index (χ3v) is 6.06. The van der Waals surface area contributed by atoms with Crippen LogP contribution in [0.15, 0.2) is 18.2 Å². The Balaban J connectivity index is 1.66. The number of nitrogens with zero attached hydrogens (tertiary/aromatic N) is 1. The van der Waals surface area contributed by atoms with Crippen molar-refractivity contribution >= 4 is 11.6 Å². The van der Waals surface area contributed by atoms with Crippen LogP contribution < -0.4 is 20.3 Å². The summed E-state index contributed by atoms with van der Waals surface area (Å²) in [6.07, 6.45) is -2.38. The fourth-order valence-corrected chi connectivity index (χ4v) is 4.66. The highest BCUT2D eigenvalue weighted by Gasteiger charge is 2.44. The number of likely N-dealkylation sites (N-methyl/N-ethyl adjacent to an activating group) is 1. The van der Waals surface area contributed by atoms with E-state index in [0.717, 1.165) is 31.4 Å². The number of carbonyl (C=O) groups excluding carboxylic acids is 1. The summed E-state index contributed by atoms with van der Waals surface area (Å²) in [6.45, 7) is 5.39. The van der Waals surface area contributed by atoms with Crippen molar-refractivity contribution in [3.8, 4) is 5.75 Å². The first-order valence-electron chi connectivity index (χ1n) is 10.3. The molecule has 5 nitrogen and oxygen atoms in total. The minimum atomic E-state index is -4.95. The molecule has 2 N–H and O–H groups in total. The maximum Gasteiger partial charge on any atom is 0.573 e. The summed E-state index contributed by atoms with van der Waals surface area (Å²) in [5.74, 6) is -0.958. The molecule has 0 unspecified atom stereocenters. The summed E-state index contributed by atoms with van der Waals surface area (Å²) in [4.78, 5) is 14.6. The van der Waals surface area contributed by atoms with Crippen LogP contribution in [0, 0.1) is 23.6 Å². The van der Waals surface area contributed by atoms with Gasteiger partial charge >= 0.3 is 6.36 Å². The number of anilines is 1. The molecule has 0 radical (unpaired) electrons. The Bertz CT molecular complexity index is 756. The van der Waals surface area contributed by atoms with E-state index in [1.807, 2.05) is 4.90 Å². The molecule has 1 aromatic carbocycles. The number of amides is 1. The van der Waals surface area contributed by atoms with Crippen molar-refractivity contribution in [1.29, 1.82) is 0 Å². The van der Waals surface area contributed by atoms with Crippen LogP contribution >= 0.6 is 0 Å². The summed E-state index contributed by atoms with van der Waals surface area (Å²) >= 11 is 0. The average molecular weight is 431 g/mol. The van der Waals surface area contributed by atoms with E-state index >= 15 is 0 Å². The SMILES string of the molecule is CN[C@@H](CC(C)C)C(=O)N[C@H]1CC[C@@H]2CN(c3ccc(F)c(OC(F)(F)F)c3)C[C@@H]21. The number of hydrogen-bond donors (Lipinski definition) is 2. The Morgan fingerprint density at radius 2 is 2.00 bits per heavy atom. The van der Waals surface area contributed by atoms with Crippen LogP contribution in [-0.4, -0.2) is 44.5 Å². The van der Waals surface area contributed by atoms with Gasteiger partial charge in [0.2, 0.25) is 5.91 Å². The minimum Gasteiger partial charge on any atom is -0.403 e. The van der Waals surface area contributed by atoms with Gasteiger partial charge in [-0.25, -0.2) is 4.39 Å². The first-order valence-corrected chi connectivity index (χ1v) is 10.3. The van der Waals surface area contributed by atoms with Crippen molar-refractivity contribution in [2.75, 3.05) is 25.0 Å². The third-order valence-electron chi connectivity index (χ3n) is 6.06. The second kappa shape index (κ2) is 8.99. The lowest BCUT2D eigenvalue weighted by molar-refractivity contribution is -0.275. The Hall–Kier alpha value is -2.03. The normalized spacial score (nSPS) is 24.8. The van der Waals surface area contributed by atoms with Crippen molar-refractivity contribution in [2.24, 2.45) is 17.8 Å². The molecule has 4 atom stereocenters. The fourth-order valence-electron chi connectivity index (χ4n) is 4.66. The lowest BCUT2D eigenvalue weighted by atomic mass is 9.97. The number of alkyl halides is 3. The summed E-state index contributed by atoms with van der Waals surface area (Å²) in [5.41, 5.74) is 0.489. The largest absolute Gasteiger partial charge is 0.573 e. The Kier molecular flexibility index (Phi) is 6.79. The highest BCUT2D eigenvalue weighted by molar-refractivity contribution is 5.82. The lowest BCUT2D eigenvalue weighted by Gasteiger charge is -2.26. The van der Waals surface area contributed by atoms with Crippen LogP contribution in [0.1, 0.15) is 33.1 Å². The molecule has 30 heavy (non-hydrogen) atoms. The zero-order valence-electron chi connectivity index (χ0n) is 17.4. The maximum absolute atomic E-state index is 13.7. The predicted octanol–water partition coefficient (Wildman–Crippen LogP) is 3.69. The fraction of sp³-hybridized carbons (Fsp3) is 0.667. The van der Waals surface area contributed by atoms with Gasteiger partial charge in [0.1, 0.15) is 0 Å². The standard InChI is InChI=1S/C21H29F4N3O2/c1-12(2)8-18(26-3)20(29)27-17-7-4-13-10-28(11-15(13)17)14-5-6-16(22)19(9-14)30-21(23,24)25/h5-6,9,12-13,15,17-18,26H,4,7-8,10-11H2,1-3H3,(H,27,29)/t13-,15+,17+,18+/m1/s1. The topological polar surface area (TPSA) is 53.6 Å². The van der Waals surface area contributed by atoms with Crippen LogP contribution in [0.4, 0.5) is 23.2 Å². The van der Waals surface area contributed by atoms with Crippen LogP contribution in [0.2, 0.25) is 0 Å². The van der Waals surface area contributed by atoms with Crippen molar-refractivity contribution in [3.63, 3.8) is 0 Å². The van der Waals surface area contributed by atoms with E-state index in [9.17, 15) is 22.4 Å². The van der Waals surface area contributed by atoms with Crippen molar-refractivity contribution in [3.05, 3.63) is 24.0 Å². The molecule has 0 bridgehead atoms. The van der Waals surface area contributed by atoms with Crippen molar-refractivity contribution in [2.45, 2.75) is 51.6 Å². The number of hydrogen-bond acceptors (Lipinski definition) is 4. The van der Waals surface area contributed by atoms with Gasteiger partial charge in [-0.2, -0.15) is 0 Å². The Morgan fingerprint density at radius 3 is 2.63 bits per heavy atom. The highest BCUT2D eigenvalue weighted by atomic mass is 19.4. The van der Waals surface area contributed by atoms with E-state index < -0.39 is 17.9 Å². The molecule has 1 saturated heterocycles. The zero-order valence-corrected chi connectivity index (χ0v) is 17.4. The molecule has 2 aliphatic rings. The van der Waals surface area contributed by atoms with Gasteiger partial charge in [0.25, 0.3) is 0 Å². The number of rotatable bonds is 7. The average Bonchev–Trinajstić information content (AvgIpc) is 3.22. The molecule has 9 heteroatoms. The summed E-state index contributed by atoms with van der Waals surface area (Å²) in [7, 11) is 1.77. The maximum atomic E-state index is 13.7. The Labute approximate surface area is 174 Å². The third kappa shape index (κ3) is 5.36. The number of ether oxygens (including phenoxy) is 1. The van der Waals surface area contributed by atoms with Gasteiger partial charge in [0.05, 0.1) is 6.04 Å². The van der Waals surface area contributed by atoms with Gasteiger partial charge < -0.3 is 20.3 Å². The van der Waals surface area contributed by atoms with Gasteiger partial charge in [-0.3, -0.25) is 4.79 Å². The first-order chi connectivity index (χ1) is 14.1. The molecule has 2 fully saturated rings. The van der Waals surface area contributed by atoms with Crippen LogP contribution in [0.25, 0.3) is 0 Å². The van der Waals surface area contributed by atoms with E-state index in [1.54, 1.807) is 7.05 Å². The van der Waals surface area contributed by atoms with E-state index in [1.165, 1.54) is 6.07 Å². The quantitative estimate of drug-likeness (QED) is 0.647. The molecule has 1 saturated carbocycles. The molecule has 0 aromatic heterocycles. The molecular weight excluding hydrogens is 402 g/mol. The van der Waals surface area contributed by atoms with Crippen LogP contribution in [0.3, 0.4) is 0 Å². The number of halogens is 4. The van der Waals surface area contributed by atoms with Crippen molar-refractivity contribution < 1.29 is 27.1 Å². The molecule has 1 amide bonds. The van der Waals surface area contributed by atoms with Gasteiger partial charge in [0, 0.05) is 36.8 Å². The highest BCUT2D eigenvalue weighted by Crippen LogP contribution is 2.41. The van der Waals surface area contributed by atoms with E-state index in [-0.39, 0.29) is 23.9 Å². The van der Waals surface area contributed by atoms with Crippen LogP contribution in [0.5, 0.6) is 5.75 Å². The minimum absolute atomic E-state index is 0.0158. The van der Waals surface area contributed by atoms with E-state index in [4.69, 9.17) is 0 Å². The lowest BCUT2D eigenvalue weighted by Crippen LogP contribution is -2.49. The van der Waals surface area contributed by atoms with Gasteiger partial charge in [0.15, 0.2) is 11.6 Å². The molecular formula is C21H29F4N3O2. The number of nitrogens with one attached hydrogen (secondary N) is 2. The van der Waals surface area contributed by atoms with Gasteiger partial charge in [-0.1, -0.05) is 13.8 Å². The van der Waals surface area contributed by atoms with Gasteiger partial charge in [-0.15, -0.1) is 13.2 Å². The summed E-state index contributed by atoms with van der Waals surface area (Å²) in [5, 5.41) is 6.24. The first kappa shape index (κ1) is 22.7. The Morgan fingerprint density at radius 1 is 1.27 bits per heavy atom. The zero-order chi connectivity index (χ0) is 22.1. The molecule has 1 heterocycles.